The van der Waals surface area contributed by atoms with Gasteiger partial charge in [0.05, 0.1) is 5.92 Å². The van der Waals surface area contributed by atoms with Crippen LogP contribution in [0.1, 0.15) is 58.3 Å². The first-order valence-corrected chi connectivity index (χ1v) is 9.00. The largest absolute Gasteiger partial charge is 0.455 e. The molecule has 4 nitrogen and oxygen atoms in total. The lowest BCUT2D eigenvalue weighted by molar-refractivity contribution is -0.150. The maximum atomic E-state index is 12.1. The first-order chi connectivity index (χ1) is 10.5. The van der Waals surface area contributed by atoms with Crippen molar-refractivity contribution in [1.82, 2.24) is 5.32 Å². The van der Waals surface area contributed by atoms with Crippen LogP contribution >= 0.6 is 0 Å². The molecule has 0 spiro atoms. The molecule has 0 aromatic carbocycles. The van der Waals surface area contributed by atoms with E-state index < -0.39 is 0 Å². The van der Waals surface area contributed by atoms with E-state index >= 15 is 0 Å². The van der Waals surface area contributed by atoms with E-state index in [0.717, 1.165) is 30.6 Å². The second-order valence-electron chi connectivity index (χ2n) is 8.45. The average molecular weight is 305 g/mol. The Morgan fingerprint density at radius 2 is 1.64 bits per heavy atom. The van der Waals surface area contributed by atoms with Crippen molar-refractivity contribution < 1.29 is 14.3 Å². The van der Waals surface area contributed by atoms with Gasteiger partial charge in [0.15, 0.2) is 6.61 Å². The molecule has 0 heterocycles. The molecule has 0 aliphatic heterocycles. The molecule has 5 aliphatic carbocycles. The zero-order valence-electron chi connectivity index (χ0n) is 13.5. The fourth-order valence-corrected chi connectivity index (χ4v) is 5.72. The Labute approximate surface area is 132 Å². The molecule has 0 aromatic rings. The van der Waals surface area contributed by atoms with Crippen LogP contribution in [0.5, 0.6) is 0 Å². The molecule has 122 valence electrons. The third kappa shape index (κ3) is 2.65. The number of amides is 1. The lowest BCUT2D eigenvalue weighted by Gasteiger charge is -2.59. The topological polar surface area (TPSA) is 55.4 Å². The van der Waals surface area contributed by atoms with Gasteiger partial charge in [0.2, 0.25) is 0 Å². The molecule has 0 aromatic heterocycles. The zero-order valence-corrected chi connectivity index (χ0v) is 13.5. The minimum atomic E-state index is -0.197. The van der Waals surface area contributed by atoms with Crippen molar-refractivity contribution in [2.24, 2.45) is 29.1 Å². The zero-order chi connectivity index (χ0) is 15.3. The SMILES string of the molecule is C[C@H](NC(=O)COC(=O)C1CC1)C12CC3CC(CC(C3)C1)C2. The van der Waals surface area contributed by atoms with Crippen LogP contribution in [0.4, 0.5) is 0 Å². The Hall–Kier alpha value is -1.06. The van der Waals surface area contributed by atoms with Crippen molar-refractivity contribution in [2.45, 2.75) is 64.3 Å². The fraction of sp³-hybridized carbons (Fsp3) is 0.889. The summed E-state index contributed by atoms with van der Waals surface area (Å²) in [7, 11) is 0. The Kier molecular flexibility index (Phi) is 3.46. The monoisotopic (exact) mass is 305 g/mol. The smallest absolute Gasteiger partial charge is 0.309 e. The second-order valence-corrected chi connectivity index (χ2v) is 8.45. The molecule has 5 rings (SSSR count). The number of ether oxygens (including phenoxy) is 1. The van der Waals surface area contributed by atoms with Crippen molar-refractivity contribution in [1.29, 1.82) is 0 Å². The van der Waals surface area contributed by atoms with Gasteiger partial charge < -0.3 is 10.1 Å². The van der Waals surface area contributed by atoms with Gasteiger partial charge in [-0.2, -0.15) is 0 Å². The van der Waals surface area contributed by atoms with Crippen molar-refractivity contribution in [3.8, 4) is 0 Å². The van der Waals surface area contributed by atoms with E-state index in [1.807, 2.05) is 0 Å². The molecule has 1 amide bonds. The number of carbonyl (C=O) groups excluding carboxylic acids is 2. The van der Waals surface area contributed by atoms with Crippen molar-refractivity contribution in [3.63, 3.8) is 0 Å². The molecule has 5 aliphatic rings. The highest BCUT2D eigenvalue weighted by atomic mass is 16.5. The number of hydrogen-bond acceptors (Lipinski definition) is 3. The normalized spacial score (nSPS) is 40.3. The standard InChI is InChI=1S/C18H27NO3/c1-11(19-16(20)10-22-17(21)15-2-3-15)18-7-12-4-13(8-18)6-14(5-12)9-18/h11-15H,2-10H2,1H3,(H,19,20)/t11-,12?,13?,14?,18?/m0/s1. The quantitative estimate of drug-likeness (QED) is 0.795. The first-order valence-electron chi connectivity index (χ1n) is 9.00. The molecule has 22 heavy (non-hydrogen) atoms. The minimum Gasteiger partial charge on any atom is -0.455 e. The molecule has 5 fully saturated rings. The maximum absolute atomic E-state index is 12.1. The summed E-state index contributed by atoms with van der Waals surface area (Å²) in [4.78, 5) is 23.6. The van der Waals surface area contributed by atoms with Gasteiger partial charge in [-0.15, -0.1) is 0 Å². The summed E-state index contributed by atoms with van der Waals surface area (Å²) in [5.74, 6) is 2.40. The molecule has 5 saturated carbocycles. The number of carbonyl (C=O) groups is 2. The Morgan fingerprint density at radius 3 is 2.14 bits per heavy atom. The Balaban J connectivity index is 1.32. The van der Waals surface area contributed by atoms with Crippen LogP contribution in [-0.4, -0.2) is 24.5 Å². The highest BCUT2D eigenvalue weighted by molar-refractivity contribution is 5.82. The number of esters is 1. The second kappa shape index (κ2) is 5.24. The molecular weight excluding hydrogens is 278 g/mol. The van der Waals surface area contributed by atoms with E-state index in [-0.39, 0.29) is 30.4 Å². The molecular formula is C18H27NO3. The summed E-state index contributed by atoms with van der Waals surface area (Å²) < 4.78 is 5.10. The van der Waals surface area contributed by atoms with E-state index in [9.17, 15) is 9.59 Å². The highest BCUT2D eigenvalue weighted by Gasteiger charge is 2.53. The molecule has 0 radical (unpaired) electrons. The third-order valence-electron chi connectivity index (χ3n) is 6.64. The van der Waals surface area contributed by atoms with Gasteiger partial charge >= 0.3 is 5.97 Å². The summed E-state index contributed by atoms with van der Waals surface area (Å²) in [6, 6.07) is 0.202. The van der Waals surface area contributed by atoms with Crippen LogP contribution in [-0.2, 0) is 14.3 Å². The number of hydrogen-bond donors (Lipinski definition) is 1. The lowest BCUT2D eigenvalue weighted by atomic mass is 9.48. The van der Waals surface area contributed by atoms with Gasteiger partial charge in [-0.25, -0.2) is 0 Å². The van der Waals surface area contributed by atoms with Gasteiger partial charge in [-0.1, -0.05) is 0 Å². The molecule has 0 saturated heterocycles. The van der Waals surface area contributed by atoms with Gasteiger partial charge in [-0.05, 0) is 81.5 Å². The van der Waals surface area contributed by atoms with Crippen LogP contribution < -0.4 is 5.32 Å². The Bertz CT molecular complexity index is 447. The molecule has 4 heteroatoms. The summed E-state index contributed by atoms with van der Waals surface area (Å²) in [6.07, 6.45) is 9.93. The fourth-order valence-electron chi connectivity index (χ4n) is 5.72. The minimum absolute atomic E-state index is 0.0633. The van der Waals surface area contributed by atoms with E-state index in [2.05, 4.69) is 12.2 Å². The molecule has 4 bridgehead atoms. The Morgan fingerprint density at radius 1 is 1.09 bits per heavy atom. The van der Waals surface area contributed by atoms with Crippen LogP contribution in [0.3, 0.4) is 0 Å². The van der Waals surface area contributed by atoms with Crippen LogP contribution in [0.15, 0.2) is 0 Å². The van der Waals surface area contributed by atoms with Crippen LogP contribution in [0, 0.1) is 29.1 Å². The van der Waals surface area contributed by atoms with E-state index in [0.29, 0.717) is 5.41 Å². The van der Waals surface area contributed by atoms with Crippen molar-refractivity contribution >= 4 is 11.9 Å². The summed E-state index contributed by atoms with van der Waals surface area (Å²) >= 11 is 0. The molecule has 1 atom stereocenters. The van der Waals surface area contributed by atoms with Crippen molar-refractivity contribution in [3.05, 3.63) is 0 Å². The van der Waals surface area contributed by atoms with E-state index in [4.69, 9.17) is 4.74 Å². The van der Waals surface area contributed by atoms with Gasteiger partial charge in [-0.3, -0.25) is 9.59 Å². The lowest BCUT2D eigenvalue weighted by Crippen LogP contribution is -2.56. The van der Waals surface area contributed by atoms with E-state index in [1.165, 1.54) is 38.5 Å². The van der Waals surface area contributed by atoms with Gasteiger partial charge in [0.25, 0.3) is 5.91 Å². The molecule has 1 N–H and O–H groups in total. The van der Waals surface area contributed by atoms with Crippen molar-refractivity contribution in [2.75, 3.05) is 6.61 Å². The van der Waals surface area contributed by atoms with Crippen LogP contribution in [0.2, 0.25) is 0 Å². The summed E-state index contributed by atoms with van der Waals surface area (Å²) in [6.45, 7) is 2.06. The predicted octanol–water partition coefficient (Wildman–Crippen LogP) is 2.66. The predicted molar refractivity (Wildman–Crippen MR) is 81.9 cm³/mol. The average Bonchev–Trinajstić information content (AvgIpc) is 3.27. The number of nitrogens with one attached hydrogen (secondary N) is 1. The first kappa shape index (κ1) is 14.5. The maximum Gasteiger partial charge on any atom is 0.309 e. The van der Waals surface area contributed by atoms with E-state index in [1.54, 1.807) is 0 Å². The third-order valence-corrected chi connectivity index (χ3v) is 6.64. The summed E-state index contributed by atoms with van der Waals surface area (Å²) in [5.41, 5.74) is 0.310. The molecule has 0 unspecified atom stereocenters. The summed E-state index contributed by atoms with van der Waals surface area (Å²) in [5, 5.41) is 3.14. The van der Waals surface area contributed by atoms with Crippen LogP contribution in [0.25, 0.3) is 0 Å². The highest BCUT2D eigenvalue weighted by Crippen LogP contribution is 2.61. The van der Waals surface area contributed by atoms with Gasteiger partial charge in [0, 0.05) is 6.04 Å². The van der Waals surface area contributed by atoms with Gasteiger partial charge in [0.1, 0.15) is 0 Å². The number of rotatable bonds is 5.